The number of carbonyl (C=O) groups is 1. The van der Waals surface area contributed by atoms with Crippen LogP contribution in [0.25, 0.3) is 0 Å². The van der Waals surface area contributed by atoms with Crippen molar-refractivity contribution in [1.82, 2.24) is 19.6 Å². The normalized spacial score (nSPS) is 20.1. The molecule has 0 aromatic carbocycles. The lowest BCUT2D eigenvalue weighted by atomic mass is 10.2. The standard InChI is InChI=1S/C13H21ClN4O3S/c1-9-11(12(14)18(4)15-9)7-16(2)13(19)17(3)10-5-6-22(20,21)8-10/h10H,5-8H2,1-4H3. The van der Waals surface area contributed by atoms with Gasteiger partial charge in [0.15, 0.2) is 9.84 Å². The predicted octanol–water partition coefficient (Wildman–Crippen LogP) is 1.05. The monoisotopic (exact) mass is 348 g/mol. The van der Waals surface area contributed by atoms with Gasteiger partial charge in [-0.2, -0.15) is 5.10 Å². The number of rotatable bonds is 3. The Kier molecular flexibility index (Phi) is 4.72. The quantitative estimate of drug-likeness (QED) is 0.818. The molecule has 0 bridgehead atoms. The average Bonchev–Trinajstić information content (AvgIpc) is 2.91. The molecule has 0 saturated carbocycles. The molecule has 0 aliphatic carbocycles. The number of urea groups is 1. The van der Waals surface area contributed by atoms with Crippen LogP contribution in [-0.4, -0.2) is 65.7 Å². The molecule has 2 amide bonds. The van der Waals surface area contributed by atoms with E-state index in [0.29, 0.717) is 18.1 Å². The van der Waals surface area contributed by atoms with E-state index in [1.165, 1.54) is 9.80 Å². The summed E-state index contributed by atoms with van der Waals surface area (Å²) >= 11 is 6.18. The SMILES string of the molecule is Cc1nn(C)c(Cl)c1CN(C)C(=O)N(C)C1CCS(=O)(=O)C1. The third-order valence-electron chi connectivity index (χ3n) is 4.05. The minimum atomic E-state index is -3.02. The maximum Gasteiger partial charge on any atom is 0.320 e. The zero-order valence-electron chi connectivity index (χ0n) is 13.2. The van der Waals surface area contributed by atoms with Crippen molar-refractivity contribution in [3.63, 3.8) is 0 Å². The maximum atomic E-state index is 12.5. The molecule has 7 nitrogen and oxygen atoms in total. The molecule has 1 aliphatic heterocycles. The van der Waals surface area contributed by atoms with Gasteiger partial charge in [-0.25, -0.2) is 13.2 Å². The van der Waals surface area contributed by atoms with E-state index in [1.54, 1.807) is 25.8 Å². The molecular weight excluding hydrogens is 328 g/mol. The fourth-order valence-corrected chi connectivity index (χ4v) is 4.67. The summed E-state index contributed by atoms with van der Waals surface area (Å²) < 4.78 is 24.6. The first-order valence-corrected chi connectivity index (χ1v) is 9.18. The molecule has 0 spiro atoms. The van der Waals surface area contributed by atoms with E-state index in [-0.39, 0.29) is 23.6 Å². The van der Waals surface area contributed by atoms with Crippen molar-refractivity contribution in [1.29, 1.82) is 0 Å². The van der Waals surface area contributed by atoms with Crippen LogP contribution in [-0.2, 0) is 23.4 Å². The molecule has 0 radical (unpaired) electrons. The van der Waals surface area contributed by atoms with Crippen molar-refractivity contribution in [3.05, 3.63) is 16.4 Å². The lowest BCUT2D eigenvalue weighted by molar-refractivity contribution is 0.158. The smallest absolute Gasteiger partial charge is 0.320 e. The van der Waals surface area contributed by atoms with E-state index in [0.717, 1.165) is 11.3 Å². The van der Waals surface area contributed by atoms with Crippen LogP contribution in [0.2, 0.25) is 5.15 Å². The van der Waals surface area contributed by atoms with Gasteiger partial charge in [-0.3, -0.25) is 4.68 Å². The van der Waals surface area contributed by atoms with Crippen molar-refractivity contribution >= 4 is 27.5 Å². The predicted molar refractivity (Wildman–Crippen MR) is 84.6 cm³/mol. The number of hydrogen-bond donors (Lipinski definition) is 0. The van der Waals surface area contributed by atoms with E-state index in [1.807, 2.05) is 6.92 Å². The lowest BCUT2D eigenvalue weighted by Crippen LogP contribution is -2.44. The van der Waals surface area contributed by atoms with Crippen LogP contribution < -0.4 is 0 Å². The number of sulfone groups is 1. The molecule has 22 heavy (non-hydrogen) atoms. The van der Waals surface area contributed by atoms with Crippen LogP contribution >= 0.6 is 11.6 Å². The molecule has 1 fully saturated rings. The summed E-state index contributed by atoms with van der Waals surface area (Å²) in [5, 5.41) is 4.72. The fraction of sp³-hybridized carbons (Fsp3) is 0.692. The van der Waals surface area contributed by atoms with E-state index >= 15 is 0 Å². The highest BCUT2D eigenvalue weighted by Crippen LogP contribution is 2.22. The Morgan fingerprint density at radius 3 is 2.55 bits per heavy atom. The van der Waals surface area contributed by atoms with Crippen molar-refractivity contribution < 1.29 is 13.2 Å². The molecule has 1 unspecified atom stereocenters. The second-order valence-electron chi connectivity index (χ2n) is 5.78. The molecule has 1 aromatic heterocycles. The number of aromatic nitrogens is 2. The van der Waals surface area contributed by atoms with Gasteiger partial charge in [0.1, 0.15) is 5.15 Å². The molecule has 9 heteroatoms. The van der Waals surface area contributed by atoms with Crippen LogP contribution in [0, 0.1) is 6.92 Å². The largest absolute Gasteiger partial charge is 0.324 e. The summed E-state index contributed by atoms with van der Waals surface area (Å²) in [4.78, 5) is 15.5. The molecule has 1 aliphatic rings. The molecule has 1 atom stereocenters. The Morgan fingerprint density at radius 1 is 1.45 bits per heavy atom. The maximum absolute atomic E-state index is 12.5. The molecule has 2 heterocycles. The Morgan fingerprint density at radius 2 is 2.09 bits per heavy atom. The van der Waals surface area contributed by atoms with Crippen LogP contribution in [0.5, 0.6) is 0 Å². The first-order chi connectivity index (χ1) is 10.1. The number of carbonyl (C=O) groups excluding carboxylic acids is 1. The molecule has 2 rings (SSSR count). The third kappa shape index (κ3) is 3.38. The highest BCUT2D eigenvalue weighted by molar-refractivity contribution is 7.91. The second kappa shape index (κ2) is 6.08. The van der Waals surface area contributed by atoms with Gasteiger partial charge in [0.25, 0.3) is 0 Å². The summed E-state index contributed by atoms with van der Waals surface area (Å²) in [6.45, 7) is 2.17. The number of nitrogens with zero attached hydrogens (tertiary/aromatic N) is 4. The van der Waals surface area contributed by atoms with Gasteiger partial charge < -0.3 is 9.80 Å². The topological polar surface area (TPSA) is 75.5 Å². The van der Waals surface area contributed by atoms with E-state index in [4.69, 9.17) is 11.6 Å². The number of halogens is 1. The summed E-state index contributed by atoms with van der Waals surface area (Å²) in [5.74, 6) is 0.183. The minimum absolute atomic E-state index is 0.0375. The first kappa shape index (κ1) is 17.1. The number of hydrogen-bond acceptors (Lipinski definition) is 4. The minimum Gasteiger partial charge on any atom is -0.324 e. The fourth-order valence-electron chi connectivity index (χ4n) is 2.66. The average molecular weight is 349 g/mol. The summed E-state index contributed by atoms with van der Waals surface area (Å²) in [5.41, 5.74) is 1.57. The van der Waals surface area contributed by atoms with Gasteiger partial charge in [0.05, 0.1) is 23.7 Å². The van der Waals surface area contributed by atoms with Crippen LogP contribution in [0.1, 0.15) is 17.7 Å². The highest BCUT2D eigenvalue weighted by atomic mass is 35.5. The van der Waals surface area contributed by atoms with Crippen molar-refractivity contribution in [2.45, 2.75) is 25.9 Å². The van der Waals surface area contributed by atoms with Gasteiger partial charge in [-0.1, -0.05) is 11.6 Å². The van der Waals surface area contributed by atoms with Gasteiger partial charge >= 0.3 is 6.03 Å². The Labute approximate surface area is 135 Å². The first-order valence-electron chi connectivity index (χ1n) is 6.98. The second-order valence-corrected chi connectivity index (χ2v) is 8.37. The summed E-state index contributed by atoms with van der Waals surface area (Å²) in [7, 11) is 2.04. The van der Waals surface area contributed by atoms with Crippen molar-refractivity contribution in [2.75, 3.05) is 25.6 Å². The summed E-state index contributed by atoms with van der Waals surface area (Å²) in [6, 6.07) is -0.480. The zero-order chi connectivity index (χ0) is 16.7. The molecule has 0 N–H and O–H groups in total. The Hall–Kier alpha value is -1.28. The van der Waals surface area contributed by atoms with Crippen LogP contribution in [0.4, 0.5) is 4.79 Å². The van der Waals surface area contributed by atoms with E-state index in [2.05, 4.69) is 5.10 Å². The lowest BCUT2D eigenvalue weighted by Gasteiger charge is -2.29. The van der Waals surface area contributed by atoms with Crippen molar-refractivity contribution in [2.24, 2.45) is 7.05 Å². The van der Waals surface area contributed by atoms with Crippen LogP contribution in [0.3, 0.4) is 0 Å². The van der Waals surface area contributed by atoms with E-state index < -0.39 is 9.84 Å². The highest BCUT2D eigenvalue weighted by Gasteiger charge is 2.33. The van der Waals surface area contributed by atoms with Gasteiger partial charge in [-0.05, 0) is 13.3 Å². The zero-order valence-corrected chi connectivity index (χ0v) is 14.8. The van der Waals surface area contributed by atoms with Gasteiger partial charge in [0, 0.05) is 32.7 Å². The Bertz CT molecular complexity index is 686. The third-order valence-corrected chi connectivity index (χ3v) is 6.27. The van der Waals surface area contributed by atoms with Gasteiger partial charge in [-0.15, -0.1) is 0 Å². The number of amides is 2. The summed E-state index contributed by atoms with van der Waals surface area (Å²) in [6.07, 6.45) is 0.491. The van der Waals surface area contributed by atoms with E-state index in [9.17, 15) is 13.2 Å². The molecule has 124 valence electrons. The Balaban J connectivity index is 2.06. The molecule has 1 aromatic rings. The van der Waals surface area contributed by atoms with Crippen LogP contribution in [0.15, 0.2) is 0 Å². The molecule has 1 saturated heterocycles. The molecular formula is C13H21ClN4O3S. The van der Waals surface area contributed by atoms with Gasteiger partial charge in [0.2, 0.25) is 0 Å². The van der Waals surface area contributed by atoms with Crippen molar-refractivity contribution in [3.8, 4) is 0 Å². The number of aryl methyl sites for hydroxylation is 2.